The first-order chi connectivity index (χ1) is 9.74. The van der Waals surface area contributed by atoms with Gasteiger partial charge in [-0.05, 0) is 24.5 Å². The monoisotopic (exact) mass is 273 g/mol. The standard InChI is InChI=1S/C17H23NO2/c1-2-3-4-5-6-7-10-13-18-16-12-9-8-11-15(16)14-17(19)20/h8-9,11-12,18H,2-4,7,10,13-14H2,1H3,(H,19,20). The molecule has 0 amide bonds. The van der Waals surface area contributed by atoms with E-state index in [1.165, 1.54) is 12.8 Å². The number of carboxylic acid groups (broad SMARTS) is 1. The normalized spacial score (nSPS) is 9.65. The van der Waals surface area contributed by atoms with Gasteiger partial charge in [-0.25, -0.2) is 0 Å². The van der Waals surface area contributed by atoms with Crippen molar-refractivity contribution >= 4 is 11.7 Å². The Morgan fingerprint density at radius 3 is 2.60 bits per heavy atom. The molecule has 1 rings (SSSR count). The Morgan fingerprint density at radius 1 is 1.20 bits per heavy atom. The van der Waals surface area contributed by atoms with Crippen LogP contribution in [0.3, 0.4) is 0 Å². The second-order valence-electron chi connectivity index (χ2n) is 4.72. The van der Waals surface area contributed by atoms with Gasteiger partial charge in [-0.2, -0.15) is 0 Å². The minimum atomic E-state index is -0.805. The van der Waals surface area contributed by atoms with Crippen LogP contribution in [0.5, 0.6) is 0 Å². The van der Waals surface area contributed by atoms with Crippen molar-refractivity contribution < 1.29 is 9.90 Å². The molecule has 0 saturated heterocycles. The molecule has 2 N–H and O–H groups in total. The van der Waals surface area contributed by atoms with Gasteiger partial charge in [0.05, 0.1) is 6.42 Å². The Balaban J connectivity index is 2.31. The summed E-state index contributed by atoms with van der Waals surface area (Å²) in [5, 5.41) is 12.1. The third kappa shape index (κ3) is 6.84. The van der Waals surface area contributed by atoms with Crippen molar-refractivity contribution in [3.05, 3.63) is 29.8 Å². The predicted molar refractivity (Wildman–Crippen MR) is 82.8 cm³/mol. The van der Waals surface area contributed by atoms with Gasteiger partial charge in [0.15, 0.2) is 0 Å². The zero-order valence-electron chi connectivity index (χ0n) is 12.1. The summed E-state index contributed by atoms with van der Waals surface area (Å²) in [7, 11) is 0. The van der Waals surface area contributed by atoms with Crippen LogP contribution in [0.15, 0.2) is 24.3 Å². The van der Waals surface area contributed by atoms with Crippen molar-refractivity contribution in [2.45, 2.75) is 45.4 Å². The van der Waals surface area contributed by atoms with Crippen LogP contribution in [-0.4, -0.2) is 17.6 Å². The van der Waals surface area contributed by atoms with Crippen LogP contribution >= 0.6 is 0 Å². The van der Waals surface area contributed by atoms with Crippen LogP contribution < -0.4 is 5.32 Å². The zero-order chi connectivity index (χ0) is 14.6. The van der Waals surface area contributed by atoms with Gasteiger partial charge in [0.2, 0.25) is 0 Å². The summed E-state index contributed by atoms with van der Waals surface area (Å²) in [5.74, 6) is 5.53. The summed E-state index contributed by atoms with van der Waals surface area (Å²) in [5.41, 5.74) is 1.74. The molecule has 3 heteroatoms. The van der Waals surface area contributed by atoms with Crippen molar-refractivity contribution in [2.75, 3.05) is 11.9 Å². The van der Waals surface area contributed by atoms with Gasteiger partial charge in [0, 0.05) is 25.1 Å². The number of anilines is 1. The SMILES string of the molecule is CCCCC#CCCCNc1ccccc1CC(=O)O. The number of carbonyl (C=O) groups is 1. The molecule has 0 aliphatic heterocycles. The maximum Gasteiger partial charge on any atom is 0.307 e. The maximum absolute atomic E-state index is 10.8. The predicted octanol–water partition coefficient (Wildman–Crippen LogP) is 3.70. The summed E-state index contributed by atoms with van der Waals surface area (Å²) in [6.45, 7) is 2.99. The van der Waals surface area contributed by atoms with Gasteiger partial charge in [0.25, 0.3) is 0 Å². The molecule has 0 saturated carbocycles. The highest BCUT2D eigenvalue weighted by molar-refractivity contribution is 5.73. The summed E-state index contributed by atoms with van der Waals surface area (Å²) in [6, 6.07) is 7.55. The summed E-state index contributed by atoms with van der Waals surface area (Å²) < 4.78 is 0. The largest absolute Gasteiger partial charge is 0.481 e. The molecule has 0 atom stereocenters. The van der Waals surface area contributed by atoms with Crippen molar-refractivity contribution in [2.24, 2.45) is 0 Å². The molecule has 20 heavy (non-hydrogen) atoms. The lowest BCUT2D eigenvalue weighted by Crippen LogP contribution is -2.07. The highest BCUT2D eigenvalue weighted by atomic mass is 16.4. The molecule has 0 bridgehead atoms. The third-order valence-corrected chi connectivity index (χ3v) is 2.93. The van der Waals surface area contributed by atoms with Gasteiger partial charge in [-0.15, -0.1) is 11.8 Å². The molecule has 108 valence electrons. The van der Waals surface area contributed by atoms with E-state index >= 15 is 0 Å². The number of hydrogen-bond acceptors (Lipinski definition) is 2. The third-order valence-electron chi connectivity index (χ3n) is 2.93. The van der Waals surface area contributed by atoms with E-state index < -0.39 is 5.97 Å². The minimum absolute atomic E-state index is 0.0556. The van der Waals surface area contributed by atoms with Crippen molar-refractivity contribution in [3.8, 4) is 11.8 Å². The smallest absolute Gasteiger partial charge is 0.307 e. The van der Waals surface area contributed by atoms with E-state index in [0.717, 1.165) is 37.1 Å². The summed E-state index contributed by atoms with van der Waals surface area (Å²) >= 11 is 0. The molecular weight excluding hydrogens is 250 g/mol. The maximum atomic E-state index is 10.8. The Labute approximate surface area is 121 Å². The fourth-order valence-corrected chi connectivity index (χ4v) is 1.85. The number of carboxylic acids is 1. The average molecular weight is 273 g/mol. The lowest BCUT2D eigenvalue weighted by Gasteiger charge is -2.09. The summed E-state index contributed by atoms with van der Waals surface area (Å²) in [6.07, 6.45) is 5.27. The van der Waals surface area contributed by atoms with E-state index in [2.05, 4.69) is 24.1 Å². The molecule has 0 heterocycles. The van der Waals surface area contributed by atoms with Crippen molar-refractivity contribution in [1.82, 2.24) is 0 Å². The van der Waals surface area contributed by atoms with Gasteiger partial charge in [0.1, 0.15) is 0 Å². The molecule has 1 aromatic rings. The number of benzene rings is 1. The fraction of sp³-hybridized carbons (Fsp3) is 0.471. The number of aliphatic carboxylic acids is 1. The van der Waals surface area contributed by atoms with E-state index in [0.29, 0.717) is 0 Å². The second-order valence-corrected chi connectivity index (χ2v) is 4.72. The lowest BCUT2D eigenvalue weighted by atomic mass is 10.1. The fourth-order valence-electron chi connectivity index (χ4n) is 1.85. The van der Waals surface area contributed by atoms with Crippen LogP contribution in [0.4, 0.5) is 5.69 Å². The molecule has 0 fully saturated rings. The molecule has 3 nitrogen and oxygen atoms in total. The number of para-hydroxylation sites is 1. The van der Waals surface area contributed by atoms with Gasteiger partial charge < -0.3 is 10.4 Å². The van der Waals surface area contributed by atoms with Crippen LogP contribution in [0.2, 0.25) is 0 Å². The van der Waals surface area contributed by atoms with E-state index in [4.69, 9.17) is 5.11 Å². The quantitative estimate of drug-likeness (QED) is 0.561. The lowest BCUT2D eigenvalue weighted by molar-refractivity contribution is -0.136. The molecule has 0 radical (unpaired) electrons. The molecular formula is C17H23NO2. The Kier molecular flexibility index (Phi) is 7.98. The van der Waals surface area contributed by atoms with E-state index in [-0.39, 0.29) is 6.42 Å². The number of nitrogens with one attached hydrogen (secondary N) is 1. The second kappa shape index (κ2) is 9.91. The van der Waals surface area contributed by atoms with Crippen molar-refractivity contribution in [1.29, 1.82) is 0 Å². The van der Waals surface area contributed by atoms with Gasteiger partial charge >= 0.3 is 5.97 Å². The highest BCUT2D eigenvalue weighted by Gasteiger charge is 2.05. The van der Waals surface area contributed by atoms with Crippen LogP contribution in [0.25, 0.3) is 0 Å². The van der Waals surface area contributed by atoms with Gasteiger partial charge in [-0.1, -0.05) is 31.5 Å². The van der Waals surface area contributed by atoms with E-state index in [9.17, 15) is 4.79 Å². The number of rotatable bonds is 8. The van der Waals surface area contributed by atoms with Crippen LogP contribution in [-0.2, 0) is 11.2 Å². The van der Waals surface area contributed by atoms with E-state index in [1.54, 1.807) is 0 Å². The molecule has 0 unspecified atom stereocenters. The molecule has 0 aliphatic carbocycles. The Morgan fingerprint density at radius 2 is 1.90 bits per heavy atom. The van der Waals surface area contributed by atoms with Gasteiger partial charge in [-0.3, -0.25) is 4.79 Å². The number of hydrogen-bond donors (Lipinski definition) is 2. The van der Waals surface area contributed by atoms with E-state index in [1.807, 2.05) is 24.3 Å². The summed E-state index contributed by atoms with van der Waals surface area (Å²) in [4.78, 5) is 10.8. The topological polar surface area (TPSA) is 49.3 Å². The Hall–Kier alpha value is -1.95. The Bertz CT molecular complexity index is 471. The first-order valence-corrected chi connectivity index (χ1v) is 7.23. The molecule has 0 aliphatic rings. The first kappa shape index (κ1) is 16.1. The minimum Gasteiger partial charge on any atom is -0.481 e. The van der Waals surface area contributed by atoms with Crippen LogP contribution in [0, 0.1) is 11.8 Å². The van der Waals surface area contributed by atoms with Crippen LogP contribution in [0.1, 0.15) is 44.6 Å². The molecule has 1 aromatic carbocycles. The van der Waals surface area contributed by atoms with Crippen molar-refractivity contribution in [3.63, 3.8) is 0 Å². The average Bonchev–Trinajstić information content (AvgIpc) is 2.43. The molecule has 0 spiro atoms. The first-order valence-electron chi connectivity index (χ1n) is 7.23. The molecule has 0 aromatic heterocycles. The zero-order valence-corrected chi connectivity index (χ0v) is 12.1. The number of unbranched alkanes of at least 4 members (excludes halogenated alkanes) is 3. The highest BCUT2D eigenvalue weighted by Crippen LogP contribution is 2.15.